The Bertz CT molecular complexity index is 450. The van der Waals surface area contributed by atoms with E-state index < -0.39 is 0 Å². The van der Waals surface area contributed by atoms with Gasteiger partial charge in [0.25, 0.3) is 0 Å². The number of hydrogen-bond donors (Lipinski definition) is 1. The summed E-state index contributed by atoms with van der Waals surface area (Å²) in [5.41, 5.74) is 7.36. The van der Waals surface area contributed by atoms with Gasteiger partial charge < -0.3 is 10.6 Å². The standard InChI is InChI=1S/C18H28N2O.ClH/c1-3-9-16-12-7-8-13-20(16)18(21)14(2)17(19)15-10-5-4-6-11-15;/h4-6,10-11,14,16-17H,3,7-9,12-13,19H2,1-2H3;1H. The number of carbonyl (C=O) groups is 1. The maximum atomic E-state index is 12.8. The van der Waals surface area contributed by atoms with Crippen molar-refractivity contribution < 1.29 is 4.79 Å². The van der Waals surface area contributed by atoms with Crippen molar-refractivity contribution in [3.05, 3.63) is 35.9 Å². The largest absolute Gasteiger partial charge is 0.339 e. The van der Waals surface area contributed by atoms with E-state index in [1.54, 1.807) is 0 Å². The molecule has 1 amide bonds. The first-order valence-corrected chi connectivity index (χ1v) is 8.26. The van der Waals surface area contributed by atoms with Crippen LogP contribution in [-0.4, -0.2) is 23.4 Å². The SMILES string of the molecule is CCCC1CCCCN1C(=O)C(C)C(N)c1ccccc1.Cl. The Kier molecular flexibility index (Phi) is 7.91. The summed E-state index contributed by atoms with van der Waals surface area (Å²) in [6, 6.07) is 10.2. The van der Waals surface area contributed by atoms with Crippen molar-refractivity contribution in [2.45, 2.75) is 58.0 Å². The monoisotopic (exact) mass is 324 g/mol. The van der Waals surface area contributed by atoms with Crippen molar-refractivity contribution in [3.63, 3.8) is 0 Å². The zero-order valence-electron chi connectivity index (χ0n) is 13.7. The van der Waals surface area contributed by atoms with Crippen LogP contribution in [0.3, 0.4) is 0 Å². The topological polar surface area (TPSA) is 46.3 Å². The van der Waals surface area contributed by atoms with Gasteiger partial charge in [0.05, 0.1) is 5.92 Å². The van der Waals surface area contributed by atoms with Crippen LogP contribution < -0.4 is 5.73 Å². The van der Waals surface area contributed by atoms with Crippen molar-refractivity contribution in [2.24, 2.45) is 11.7 Å². The van der Waals surface area contributed by atoms with Crippen molar-refractivity contribution in [1.82, 2.24) is 4.90 Å². The van der Waals surface area contributed by atoms with E-state index in [1.807, 2.05) is 37.3 Å². The Morgan fingerprint density at radius 2 is 2.00 bits per heavy atom. The fourth-order valence-electron chi connectivity index (χ4n) is 3.30. The highest BCUT2D eigenvalue weighted by molar-refractivity contribution is 5.85. The Morgan fingerprint density at radius 1 is 1.32 bits per heavy atom. The van der Waals surface area contributed by atoms with E-state index in [-0.39, 0.29) is 30.3 Å². The predicted molar refractivity (Wildman–Crippen MR) is 94.0 cm³/mol. The van der Waals surface area contributed by atoms with Crippen molar-refractivity contribution in [1.29, 1.82) is 0 Å². The van der Waals surface area contributed by atoms with Crippen molar-refractivity contribution in [2.75, 3.05) is 6.54 Å². The molecule has 3 nitrogen and oxygen atoms in total. The number of hydrogen-bond acceptors (Lipinski definition) is 2. The maximum absolute atomic E-state index is 12.8. The Balaban J connectivity index is 0.00000242. The van der Waals surface area contributed by atoms with Gasteiger partial charge in [0.2, 0.25) is 5.91 Å². The Morgan fingerprint density at radius 3 is 2.64 bits per heavy atom. The number of amides is 1. The molecule has 22 heavy (non-hydrogen) atoms. The summed E-state index contributed by atoms with van der Waals surface area (Å²) in [4.78, 5) is 14.9. The number of nitrogens with two attached hydrogens (primary N) is 1. The lowest BCUT2D eigenvalue weighted by atomic mass is 9.91. The van der Waals surface area contributed by atoms with Crippen LogP contribution in [0, 0.1) is 5.92 Å². The fourth-order valence-corrected chi connectivity index (χ4v) is 3.30. The van der Waals surface area contributed by atoms with Crippen LogP contribution in [0.5, 0.6) is 0 Å². The van der Waals surface area contributed by atoms with E-state index in [9.17, 15) is 4.79 Å². The lowest BCUT2D eigenvalue weighted by molar-refractivity contribution is -0.139. The molecule has 124 valence electrons. The molecule has 0 radical (unpaired) electrons. The third-order valence-electron chi connectivity index (χ3n) is 4.64. The summed E-state index contributed by atoms with van der Waals surface area (Å²) >= 11 is 0. The van der Waals surface area contributed by atoms with Gasteiger partial charge in [-0.2, -0.15) is 0 Å². The normalized spacial score (nSPS) is 20.9. The van der Waals surface area contributed by atoms with Crippen LogP contribution in [0.2, 0.25) is 0 Å². The molecule has 0 aliphatic carbocycles. The molecular formula is C18H29ClN2O. The number of rotatable bonds is 5. The molecule has 1 fully saturated rings. The number of piperidine rings is 1. The molecule has 1 saturated heterocycles. The van der Waals surface area contributed by atoms with Crippen LogP contribution in [-0.2, 0) is 4.79 Å². The van der Waals surface area contributed by atoms with E-state index in [4.69, 9.17) is 5.73 Å². The third kappa shape index (κ3) is 4.47. The second-order valence-electron chi connectivity index (χ2n) is 6.20. The smallest absolute Gasteiger partial charge is 0.227 e. The van der Waals surface area contributed by atoms with Crippen molar-refractivity contribution in [3.8, 4) is 0 Å². The summed E-state index contributed by atoms with van der Waals surface area (Å²) in [6.07, 6.45) is 5.76. The van der Waals surface area contributed by atoms with E-state index in [2.05, 4.69) is 11.8 Å². The molecule has 3 unspecified atom stereocenters. The highest BCUT2D eigenvalue weighted by atomic mass is 35.5. The molecule has 4 heteroatoms. The van der Waals surface area contributed by atoms with E-state index in [0.717, 1.165) is 37.8 Å². The molecule has 1 aromatic carbocycles. The van der Waals surface area contributed by atoms with Gasteiger partial charge in [-0.1, -0.05) is 50.6 Å². The van der Waals surface area contributed by atoms with Crippen molar-refractivity contribution >= 4 is 18.3 Å². The van der Waals surface area contributed by atoms with E-state index in [1.165, 1.54) is 6.42 Å². The summed E-state index contributed by atoms with van der Waals surface area (Å²) in [5.74, 6) is 0.0642. The first kappa shape index (κ1) is 19.0. The first-order chi connectivity index (χ1) is 10.1. The second-order valence-corrected chi connectivity index (χ2v) is 6.20. The molecular weight excluding hydrogens is 296 g/mol. The third-order valence-corrected chi connectivity index (χ3v) is 4.64. The highest BCUT2D eigenvalue weighted by Gasteiger charge is 2.31. The molecule has 0 aromatic heterocycles. The summed E-state index contributed by atoms with van der Waals surface area (Å²) in [6.45, 7) is 5.06. The van der Waals surface area contributed by atoms with Gasteiger partial charge in [0, 0.05) is 18.6 Å². The molecule has 1 heterocycles. The van der Waals surface area contributed by atoms with E-state index >= 15 is 0 Å². The summed E-state index contributed by atoms with van der Waals surface area (Å²) in [5, 5.41) is 0. The first-order valence-electron chi connectivity index (χ1n) is 8.26. The van der Waals surface area contributed by atoms with Gasteiger partial charge in [-0.05, 0) is 31.2 Å². The number of benzene rings is 1. The lowest BCUT2D eigenvalue weighted by Gasteiger charge is -2.38. The van der Waals surface area contributed by atoms with Crippen LogP contribution >= 0.6 is 12.4 Å². The molecule has 1 aliphatic heterocycles. The Hall–Kier alpha value is -1.06. The molecule has 0 saturated carbocycles. The van der Waals surface area contributed by atoms with Gasteiger partial charge in [-0.3, -0.25) is 4.79 Å². The fraction of sp³-hybridized carbons (Fsp3) is 0.611. The molecule has 3 atom stereocenters. The average Bonchev–Trinajstić information content (AvgIpc) is 2.54. The van der Waals surface area contributed by atoms with Gasteiger partial charge in [-0.15, -0.1) is 12.4 Å². The lowest BCUT2D eigenvalue weighted by Crippen LogP contribution is -2.47. The summed E-state index contributed by atoms with van der Waals surface area (Å²) < 4.78 is 0. The zero-order chi connectivity index (χ0) is 15.2. The molecule has 0 spiro atoms. The second kappa shape index (κ2) is 9.16. The minimum atomic E-state index is -0.220. The maximum Gasteiger partial charge on any atom is 0.227 e. The Labute approximate surface area is 140 Å². The van der Waals surface area contributed by atoms with Crippen LogP contribution in [0.4, 0.5) is 0 Å². The van der Waals surface area contributed by atoms with Gasteiger partial charge in [0.15, 0.2) is 0 Å². The number of carbonyl (C=O) groups excluding carboxylic acids is 1. The molecule has 1 aliphatic rings. The summed E-state index contributed by atoms with van der Waals surface area (Å²) in [7, 11) is 0. The minimum absolute atomic E-state index is 0. The van der Waals surface area contributed by atoms with Gasteiger partial charge in [-0.25, -0.2) is 0 Å². The zero-order valence-corrected chi connectivity index (χ0v) is 14.5. The molecule has 1 aromatic rings. The van der Waals surface area contributed by atoms with Crippen LogP contribution in [0.15, 0.2) is 30.3 Å². The van der Waals surface area contributed by atoms with Gasteiger partial charge in [0.1, 0.15) is 0 Å². The van der Waals surface area contributed by atoms with Crippen LogP contribution in [0.25, 0.3) is 0 Å². The number of halogens is 1. The van der Waals surface area contributed by atoms with E-state index in [0.29, 0.717) is 6.04 Å². The number of nitrogens with zero attached hydrogens (tertiary/aromatic N) is 1. The average molecular weight is 325 g/mol. The number of likely N-dealkylation sites (tertiary alicyclic amines) is 1. The minimum Gasteiger partial charge on any atom is -0.339 e. The van der Waals surface area contributed by atoms with Crippen LogP contribution in [0.1, 0.15) is 57.6 Å². The highest BCUT2D eigenvalue weighted by Crippen LogP contribution is 2.27. The molecule has 2 rings (SSSR count). The molecule has 0 bridgehead atoms. The quantitative estimate of drug-likeness (QED) is 0.892. The van der Waals surface area contributed by atoms with Gasteiger partial charge >= 0.3 is 0 Å². The molecule has 2 N–H and O–H groups in total. The predicted octanol–water partition coefficient (Wildman–Crippen LogP) is 3.93.